The molecular weight excluding hydrogens is 805 g/mol. The van der Waals surface area contributed by atoms with Crippen molar-refractivity contribution in [2.24, 2.45) is 0 Å². The second-order valence-corrected chi connectivity index (χ2v) is 17.2. The molecule has 0 bridgehead atoms. The summed E-state index contributed by atoms with van der Waals surface area (Å²) in [4.78, 5) is 38.0. The molecule has 1 atom stereocenters. The number of esters is 3. The Kier molecular flexibility index (Phi) is 49.5. The van der Waals surface area contributed by atoms with E-state index in [4.69, 9.17) is 14.2 Å². The molecule has 0 radical (unpaired) electrons. The summed E-state index contributed by atoms with van der Waals surface area (Å²) in [5.74, 6) is -1.02. The second kappa shape index (κ2) is 52.7. The molecule has 0 spiro atoms. The number of carbonyl (C=O) groups is 3. The van der Waals surface area contributed by atoms with E-state index < -0.39 is 6.10 Å². The largest absolute Gasteiger partial charge is 0.462 e. The van der Waals surface area contributed by atoms with Gasteiger partial charge in [-0.3, -0.25) is 14.4 Å². The highest BCUT2D eigenvalue weighted by Gasteiger charge is 2.19. The summed E-state index contributed by atoms with van der Waals surface area (Å²) in [6, 6.07) is 0. The average molecular weight is 901 g/mol. The van der Waals surface area contributed by atoms with Crippen LogP contribution in [0.3, 0.4) is 0 Å². The van der Waals surface area contributed by atoms with Gasteiger partial charge >= 0.3 is 17.9 Å². The van der Waals surface area contributed by atoms with Crippen molar-refractivity contribution in [3.05, 3.63) is 109 Å². The van der Waals surface area contributed by atoms with Gasteiger partial charge in [-0.2, -0.15) is 0 Å². The first-order valence-electron chi connectivity index (χ1n) is 26.5. The summed E-state index contributed by atoms with van der Waals surface area (Å²) >= 11 is 0. The molecule has 0 saturated carbocycles. The third-order valence-electron chi connectivity index (χ3n) is 10.9. The van der Waals surface area contributed by atoms with Gasteiger partial charge in [-0.1, -0.05) is 220 Å². The van der Waals surface area contributed by atoms with E-state index >= 15 is 0 Å². The quantitative estimate of drug-likeness (QED) is 0.0199. The molecule has 0 aliphatic carbocycles. The molecule has 0 aliphatic heterocycles. The zero-order valence-electron chi connectivity index (χ0n) is 42.0. The average Bonchev–Trinajstić information content (AvgIpc) is 3.30. The predicted molar refractivity (Wildman–Crippen MR) is 279 cm³/mol. The maximum atomic E-state index is 12.8. The molecule has 0 amide bonds. The number of unbranched alkanes of at least 4 members (excludes halogenated alkanes) is 21. The zero-order chi connectivity index (χ0) is 47.2. The third kappa shape index (κ3) is 50.9. The molecule has 0 aliphatic rings. The molecule has 0 aromatic rings. The van der Waals surface area contributed by atoms with Crippen LogP contribution in [0, 0.1) is 0 Å². The molecule has 0 fully saturated rings. The molecule has 6 heteroatoms. The molecule has 0 saturated heterocycles. The van der Waals surface area contributed by atoms with Gasteiger partial charge < -0.3 is 14.2 Å². The number of allylic oxidation sites excluding steroid dienone is 18. The summed E-state index contributed by atoms with van der Waals surface area (Å²) in [5.41, 5.74) is 0. The molecule has 0 aromatic carbocycles. The Morgan fingerprint density at radius 1 is 0.338 bits per heavy atom. The first kappa shape index (κ1) is 61.1. The van der Waals surface area contributed by atoms with Crippen molar-refractivity contribution in [2.45, 2.75) is 232 Å². The number of rotatable bonds is 46. The van der Waals surface area contributed by atoms with E-state index in [2.05, 4.69) is 81.5 Å². The standard InChI is InChI=1S/C59H96O6/c1-4-7-10-13-16-19-22-25-28-29-32-34-37-40-43-46-49-52-58(61)64-55-56(65-59(62)53-50-47-44-41-38-35-31-27-24-21-18-15-12-9-6-3)54-63-57(60)51-48-45-42-39-36-33-30-26-23-20-17-14-11-8-5-2/h9,12,15,18,20-21,23-25,27-28,31-32,34-35,38,40,43,56H,4-8,10-11,13-14,16-17,19,22,26,29-30,33,36-37,39,41-42,44-55H2,1-3H3/b12-9-,18-15-,23-20-,24-21-,28-25-,31-27-,34-32-,38-35-,43-40-. The van der Waals surface area contributed by atoms with Crippen LogP contribution in [0.1, 0.15) is 226 Å². The minimum Gasteiger partial charge on any atom is -0.462 e. The number of ether oxygens (including phenoxy) is 3. The lowest BCUT2D eigenvalue weighted by Gasteiger charge is -2.18. The van der Waals surface area contributed by atoms with E-state index in [0.29, 0.717) is 19.3 Å². The van der Waals surface area contributed by atoms with Crippen molar-refractivity contribution in [1.82, 2.24) is 0 Å². The SMILES string of the molecule is CC\C=C/C=C\C=C/C=C\C=C/CCCCCC(=O)OC(COC(=O)CCC/C=C\C/C=C\C/C=C\CCCCCCCC)COC(=O)CCCCCCCCC/C=C\CCCCCC. The lowest BCUT2D eigenvalue weighted by atomic mass is 10.1. The van der Waals surface area contributed by atoms with E-state index in [-0.39, 0.29) is 44.0 Å². The highest BCUT2D eigenvalue weighted by atomic mass is 16.6. The lowest BCUT2D eigenvalue weighted by Crippen LogP contribution is -2.30. The van der Waals surface area contributed by atoms with E-state index in [1.807, 2.05) is 48.6 Å². The second-order valence-electron chi connectivity index (χ2n) is 17.2. The van der Waals surface area contributed by atoms with E-state index in [1.54, 1.807) is 0 Å². The molecule has 0 rings (SSSR count). The Hall–Kier alpha value is -3.93. The van der Waals surface area contributed by atoms with Gasteiger partial charge in [0.1, 0.15) is 13.2 Å². The van der Waals surface area contributed by atoms with Gasteiger partial charge in [0.25, 0.3) is 0 Å². The number of carbonyl (C=O) groups excluding carboxylic acids is 3. The minimum absolute atomic E-state index is 0.115. The van der Waals surface area contributed by atoms with Crippen LogP contribution >= 0.6 is 0 Å². The summed E-state index contributed by atoms with van der Waals surface area (Å²) in [6.45, 7) is 6.38. The van der Waals surface area contributed by atoms with Crippen LogP contribution in [-0.4, -0.2) is 37.2 Å². The molecule has 0 N–H and O–H groups in total. The van der Waals surface area contributed by atoms with Crippen molar-refractivity contribution in [3.8, 4) is 0 Å². The van der Waals surface area contributed by atoms with Gasteiger partial charge in [-0.15, -0.1) is 0 Å². The van der Waals surface area contributed by atoms with Crippen molar-refractivity contribution in [2.75, 3.05) is 13.2 Å². The number of hydrogen-bond donors (Lipinski definition) is 0. The summed E-state index contributed by atoms with van der Waals surface area (Å²) in [6.07, 6.45) is 70.8. The fourth-order valence-electron chi connectivity index (χ4n) is 6.88. The summed E-state index contributed by atoms with van der Waals surface area (Å²) in [7, 11) is 0. The van der Waals surface area contributed by atoms with Crippen molar-refractivity contribution >= 4 is 17.9 Å². The molecular formula is C59H96O6. The summed E-state index contributed by atoms with van der Waals surface area (Å²) in [5, 5.41) is 0. The molecule has 368 valence electrons. The van der Waals surface area contributed by atoms with E-state index in [9.17, 15) is 14.4 Å². The van der Waals surface area contributed by atoms with Crippen LogP contribution in [0.15, 0.2) is 109 Å². The van der Waals surface area contributed by atoms with Crippen LogP contribution in [0.2, 0.25) is 0 Å². The molecule has 65 heavy (non-hydrogen) atoms. The van der Waals surface area contributed by atoms with Crippen LogP contribution < -0.4 is 0 Å². The van der Waals surface area contributed by atoms with Crippen LogP contribution in [0.4, 0.5) is 0 Å². The fourth-order valence-corrected chi connectivity index (χ4v) is 6.88. The fraction of sp³-hybridized carbons (Fsp3) is 0.644. The van der Waals surface area contributed by atoms with Gasteiger partial charge in [-0.25, -0.2) is 0 Å². The molecule has 6 nitrogen and oxygen atoms in total. The van der Waals surface area contributed by atoms with E-state index in [1.165, 1.54) is 109 Å². The maximum Gasteiger partial charge on any atom is 0.306 e. The zero-order valence-corrected chi connectivity index (χ0v) is 42.0. The Morgan fingerprint density at radius 3 is 1.18 bits per heavy atom. The molecule has 0 aromatic heterocycles. The van der Waals surface area contributed by atoms with Gasteiger partial charge in [0, 0.05) is 19.3 Å². The third-order valence-corrected chi connectivity index (χ3v) is 10.9. The first-order chi connectivity index (χ1) is 32.0. The Morgan fingerprint density at radius 2 is 0.677 bits per heavy atom. The minimum atomic E-state index is -0.824. The van der Waals surface area contributed by atoms with Crippen LogP contribution in [0.5, 0.6) is 0 Å². The Labute approximate surface area is 400 Å². The topological polar surface area (TPSA) is 78.9 Å². The van der Waals surface area contributed by atoms with Gasteiger partial charge in [-0.05, 0) is 96.3 Å². The number of hydrogen-bond acceptors (Lipinski definition) is 6. The van der Waals surface area contributed by atoms with Gasteiger partial charge in [0.2, 0.25) is 0 Å². The van der Waals surface area contributed by atoms with Crippen molar-refractivity contribution < 1.29 is 28.6 Å². The van der Waals surface area contributed by atoms with Crippen LogP contribution in [0.25, 0.3) is 0 Å². The lowest BCUT2D eigenvalue weighted by molar-refractivity contribution is -0.167. The van der Waals surface area contributed by atoms with Crippen molar-refractivity contribution in [3.63, 3.8) is 0 Å². The van der Waals surface area contributed by atoms with Gasteiger partial charge in [0.15, 0.2) is 6.10 Å². The van der Waals surface area contributed by atoms with Gasteiger partial charge in [0.05, 0.1) is 0 Å². The van der Waals surface area contributed by atoms with Crippen molar-refractivity contribution in [1.29, 1.82) is 0 Å². The highest BCUT2D eigenvalue weighted by Crippen LogP contribution is 2.13. The summed E-state index contributed by atoms with van der Waals surface area (Å²) < 4.78 is 16.7. The van der Waals surface area contributed by atoms with Crippen LogP contribution in [-0.2, 0) is 28.6 Å². The molecule has 1 unspecified atom stereocenters. The maximum absolute atomic E-state index is 12.8. The molecule has 0 heterocycles. The van der Waals surface area contributed by atoms with E-state index in [0.717, 1.165) is 64.2 Å². The normalized spacial score (nSPS) is 13.0. The monoisotopic (exact) mass is 901 g/mol. The first-order valence-corrected chi connectivity index (χ1v) is 26.5. The predicted octanol–water partition coefficient (Wildman–Crippen LogP) is 17.5. The highest BCUT2D eigenvalue weighted by molar-refractivity contribution is 5.71. The Bertz CT molecular complexity index is 1360. The smallest absolute Gasteiger partial charge is 0.306 e. The Balaban J connectivity index is 4.56.